The van der Waals surface area contributed by atoms with Crippen LogP contribution in [0.1, 0.15) is 0 Å². The molecule has 0 spiro atoms. The Morgan fingerprint density at radius 2 is 1.88 bits per heavy atom. The van der Waals surface area contributed by atoms with Crippen molar-refractivity contribution in [3.8, 4) is 11.5 Å². The summed E-state index contributed by atoms with van der Waals surface area (Å²) in [6.07, 6.45) is 0. The Bertz CT molecular complexity index is 380. The first-order valence-electron chi connectivity index (χ1n) is 4.56. The highest BCUT2D eigenvalue weighted by Gasteiger charge is 2.03. The Morgan fingerprint density at radius 1 is 1.19 bits per heavy atom. The van der Waals surface area contributed by atoms with E-state index in [0.717, 1.165) is 0 Å². The third kappa shape index (κ3) is 3.03. The lowest BCUT2D eigenvalue weighted by molar-refractivity contribution is 0.143. The zero-order valence-electron chi connectivity index (χ0n) is 9.48. The molecule has 0 radical (unpaired) electrons. The molecule has 0 unspecified atom stereocenters. The van der Waals surface area contributed by atoms with Crippen LogP contribution in [0.5, 0.6) is 11.5 Å². The maximum absolute atomic E-state index is 5.52. The lowest BCUT2D eigenvalue weighted by Crippen LogP contribution is -2.29. The number of guanidine groups is 1. The van der Waals surface area contributed by atoms with Gasteiger partial charge in [0, 0.05) is 6.07 Å². The summed E-state index contributed by atoms with van der Waals surface area (Å²) < 4.78 is 10.2. The minimum Gasteiger partial charge on any atom is -0.493 e. The second-order valence-corrected chi connectivity index (χ2v) is 2.84. The van der Waals surface area contributed by atoms with Crippen LogP contribution in [0.15, 0.2) is 23.2 Å². The smallest absolute Gasteiger partial charge is 0.218 e. The van der Waals surface area contributed by atoms with Crippen molar-refractivity contribution < 1.29 is 14.3 Å². The number of hydrogen-bond acceptors (Lipinski definition) is 4. The van der Waals surface area contributed by atoms with E-state index >= 15 is 0 Å². The highest BCUT2D eigenvalue weighted by atomic mass is 16.6. The van der Waals surface area contributed by atoms with Crippen molar-refractivity contribution in [2.45, 2.75) is 0 Å². The largest absolute Gasteiger partial charge is 0.493 e. The Balaban J connectivity index is 2.94. The zero-order valence-corrected chi connectivity index (χ0v) is 9.48. The molecule has 0 atom stereocenters. The summed E-state index contributed by atoms with van der Waals surface area (Å²) in [6.45, 7) is 0. The molecule has 0 fully saturated rings. The molecule has 0 bridgehead atoms. The molecule has 0 saturated heterocycles. The molecule has 88 valence electrons. The van der Waals surface area contributed by atoms with Crippen molar-refractivity contribution in [1.29, 1.82) is 0 Å². The lowest BCUT2D eigenvalue weighted by Gasteiger charge is -2.08. The predicted octanol–water partition coefficient (Wildman–Crippen LogP) is 0.801. The van der Waals surface area contributed by atoms with Crippen molar-refractivity contribution in [1.82, 2.24) is 5.48 Å². The number of nitrogens with one attached hydrogen (secondary N) is 1. The third-order valence-electron chi connectivity index (χ3n) is 1.82. The van der Waals surface area contributed by atoms with Crippen LogP contribution in [0.2, 0.25) is 0 Å². The molecule has 0 aliphatic rings. The van der Waals surface area contributed by atoms with E-state index in [-0.39, 0.29) is 5.96 Å². The number of ether oxygens (including phenoxy) is 2. The van der Waals surface area contributed by atoms with Gasteiger partial charge in [0.2, 0.25) is 5.96 Å². The van der Waals surface area contributed by atoms with E-state index in [4.69, 9.17) is 15.2 Å². The van der Waals surface area contributed by atoms with E-state index in [0.29, 0.717) is 17.2 Å². The zero-order chi connectivity index (χ0) is 12.0. The van der Waals surface area contributed by atoms with Crippen molar-refractivity contribution in [3.63, 3.8) is 0 Å². The van der Waals surface area contributed by atoms with Gasteiger partial charge < -0.3 is 15.2 Å². The molecule has 6 nitrogen and oxygen atoms in total. The Kier molecular flexibility index (Phi) is 4.41. The Labute approximate surface area is 94.0 Å². The first-order chi connectivity index (χ1) is 7.71. The SMILES string of the molecule is CONC(N)=Nc1ccc(OC)c(OC)c1. The number of benzene rings is 1. The van der Waals surface area contributed by atoms with Gasteiger partial charge in [-0.3, -0.25) is 4.84 Å². The number of hydroxylamine groups is 1. The maximum atomic E-state index is 5.52. The van der Waals surface area contributed by atoms with Gasteiger partial charge >= 0.3 is 0 Å². The van der Waals surface area contributed by atoms with Gasteiger partial charge in [0.05, 0.1) is 27.0 Å². The monoisotopic (exact) mass is 225 g/mol. The molecule has 0 aromatic heterocycles. The molecule has 0 saturated carbocycles. The standard InChI is InChI=1S/C10H15N3O3/c1-14-8-5-4-7(6-9(8)15-2)12-10(11)13-16-3/h4-6H,1-3H3,(H3,11,12,13). The third-order valence-corrected chi connectivity index (χ3v) is 1.82. The topological polar surface area (TPSA) is 78.1 Å². The number of nitrogens with zero attached hydrogens (tertiary/aromatic N) is 1. The number of nitrogens with two attached hydrogens (primary N) is 1. The van der Waals surface area contributed by atoms with Crippen molar-refractivity contribution in [2.24, 2.45) is 10.7 Å². The Hall–Kier alpha value is -1.95. The van der Waals surface area contributed by atoms with Gasteiger partial charge in [0.15, 0.2) is 11.5 Å². The number of hydrogen-bond donors (Lipinski definition) is 2. The highest BCUT2D eigenvalue weighted by molar-refractivity contribution is 5.80. The maximum Gasteiger partial charge on any atom is 0.218 e. The average molecular weight is 225 g/mol. The number of methoxy groups -OCH3 is 2. The van der Waals surface area contributed by atoms with Gasteiger partial charge in [-0.15, -0.1) is 0 Å². The van der Waals surface area contributed by atoms with Gasteiger partial charge in [0.25, 0.3) is 0 Å². The molecular formula is C10H15N3O3. The quantitative estimate of drug-likeness (QED) is 0.450. The normalized spacial score (nSPS) is 11.1. The summed E-state index contributed by atoms with van der Waals surface area (Å²) in [7, 11) is 4.58. The van der Waals surface area contributed by atoms with Crippen molar-refractivity contribution in [3.05, 3.63) is 18.2 Å². The molecule has 0 amide bonds. The molecule has 0 heterocycles. The van der Waals surface area contributed by atoms with Crippen LogP contribution in [0.4, 0.5) is 5.69 Å². The predicted molar refractivity (Wildman–Crippen MR) is 61.0 cm³/mol. The fourth-order valence-electron chi connectivity index (χ4n) is 1.16. The number of rotatable bonds is 4. The minimum absolute atomic E-state index is 0.162. The van der Waals surface area contributed by atoms with E-state index in [1.165, 1.54) is 7.11 Å². The van der Waals surface area contributed by atoms with Crippen LogP contribution >= 0.6 is 0 Å². The fourth-order valence-corrected chi connectivity index (χ4v) is 1.16. The van der Waals surface area contributed by atoms with Crippen LogP contribution in [-0.2, 0) is 4.84 Å². The summed E-state index contributed by atoms with van der Waals surface area (Å²) in [6, 6.07) is 5.21. The van der Waals surface area contributed by atoms with Crippen LogP contribution in [0.25, 0.3) is 0 Å². The Morgan fingerprint density at radius 3 is 2.44 bits per heavy atom. The van der Waals surface area contributed by atoms with Crippen LogP contribution in [0, 0.1) is 0 Å². The summed E-state index contributed by atoms with van der Waals surface area (Å²) in [5, 5.41) is 0. The van der Waals surface area contributed by atoms with Gasteiger partial charge in [-0.05, 0) is 12.1 Å². The van der Waals surface area contributed by atoms with Crippen molar-refractivity contribution in [2.75, 3.05) is 21.3 Å². The second-order valence-electron chi connectivity index (χ2n) is 2.84. The molecule has 3 N–H and O–H groups in total. The summed E-state index contributed by atoms with van der Waals surface area (Å²) in [5.41, 5.74) is 8.57. The van der Waals surface area contributed by atoms with Crippen molar-refractivity contribution >= 4 is 11.6 Å². The van der Waals surface area contributed by atoms with Crippen LogP contribution in [-0.4, -0.2) is 27.3 Å². The average Bonchev–Trinajstić information content (AvgIpc) is 2.29. The highest BCUT2D eigenvalue weighted by Crippen LogP contribution is 2.30. The lowest BCUT2D eigenvalue weighted by atomic mass is 10.3. The molecule has 16 heavy (non-hydrogen) atoms. The van der Waals surface area contributed by atoms with Gasteiger partial charge in [-0.1, -0.05) is 0 Å². The summed E-state index contributed by atoms with van der Waals surface area (Å²) in [4.78, 5) is 8.67. The molecule has 1 rings (SSSR count). The van der Waals surface area contributed by atoms with Gasteiger partial charge in [-0.2, -0.15) is 0 Å². The van der Waals surface area contributed by atoms with E-state index in [1.54, 1.807) is 32.4 Å². The summed E-state index contributed by atoms with van der Waals surface area (Å²) in [5.74, 6) is 1.39. The van der Waals surface area contributed by atoms with Gasteiger partial charge in [-0.25, -0.2) is 10.5 Å². The van der Waals surface area contributed by atoms with Crippen LogP contribution in [0.3, 0.4) is 0 Å². The number of aliphatic imine (C=N–C) groups is 1. The van der Waals surface area contributed by atoms with Crippen LogP contribution < -0.4 is 20.7 Å². The van der Waals surface area contributed by atoms with E-state index in [2.05, 4.69) is 15.3 Å². The molecule has 0 aliphatic heterocycles. The van der Waals surface area contributed by atoms with E-state index < -0.39 is 0 Å². The molecular weight excluding hydrogens is 210 g/mol. The summed E-state index contributed by atoms with van der Waals surface area (Å²) >= 11 is 0. The minimum atomic E-state index is 0.162. The fraction of sp³-hybridized carbons (Fsp3) is 0.300. The van der Waals surface area contributed by atoms with E-state index in [1.807, 2.05) is 0 Å². The first-order valence-corrected chi connectivity index (χ1v) is 4.56. The van der Waals surface area contributed by atoms with Gasteiger partial charge in [0.1, 0.15) is 0 Å². The molecule has 6 heteroatoms. The first kappa shape index (κ1) is 12.1. The second kappa shape index (κ2) is 5.82. The molecule has 1 aromatic carbocycles. The molecule has 0 aliphatic carbocycles. The van der Waals surface area contributed by atoms with E-state index in [9.17, 15) is 0 Å². The molecule has 1 aromatic rings.